The third-order valence-corrected chi connectivity index (χ3v) is 13.3. The molecule has 0 heterocycles. The van der Waals surface area contributed by atoms with Crippen LogP contribution < -0.4 is 5.32 Å². The van der Waals surface area contributed by atoms with Crippen molar-refractivity contribution in [1.29, 1.82) is 0 Å². The van der Waals surface area contributed by atoms with Gasteiger partial charge in [-0.25, -0.2) is 4.57 Å². The number of quaternary nitrogens is 1. The highest BCUT2D eigenvalue weighted by molar-refractivity contribution is 7.47. The normalized spacial score (nSPS) is 14.4. The van der Waals surface area contributed by atoms with Crippen LogP contribution in [-0.4, -0.2) is 74.3 Å². The summed E-state index contributed by atoms with van der Waals surface area (Å²) in [6, 6.07) is -0.867. The zero-order valence-electron chi connectivity index (χ0n) is 46.7. The van der Waals surface area contributed by atoms with Crippen molar-refractivity contribution in [2.75, 3.05) is 40.9 Å². The number of hydrogen-bond acceptors (Lipinski definition) is 6. The van der Waals surface area contributed by atoms with Crippen molar-refractivity contribution in [2.45, 2.75) is 251 Å². The van der Waals surface area contributed by atoms with E-state index in [0.717, 1.165) is 89.9 Å². The van der Waals surface area contributed by atoms with Crippen LogP contribution in [0.2, 0.25) is 0 Å². The summed E-state index contributed by atoms with van der Waals surface area (Å²) in [6.45, 7) is 6.85. The number of phosphoric acid groups is 1. The van der Waals surface area contributed by atoms with Crippen LogP contribution in [0.3, 0.4) is 0 Å². The van der Waals surface area contributed by atoms with Gasteiger partial charge in [0.2, 0.25) is 5.91 Å². The van der Waals surface area contributed by atoms with Gasteiger partial charge in [-0.1, -0.05) is 228 Å². The first kappa shape index (κ1) is 68.2. The number of carbonyl (C=O) groups is 2. The van der Waals surface area contributed by atoms with E-state index < -0.39 is 20.0 Å². The molecule has 0 saturated carbocycles. The van der Waals surface area contributed by atoms with Crippen molar-refractivity contribution >= 4 is 19.7 Å². The standard InChI is InChI=1S/C61H109N2O7P/c1-7-10-13-16-19-22-25-27-28-29-30-31-32-33-34-36-39-42-45-48-51-54-61(65)70-59(52-49-46-43-40-38-35-26-23-20-17-14-11-8-2)58(57-69-71(66,67)68-56-55-63(4,5)6)62-60(64)53-50-47-44-41-37-24-21-18-15-12-9-3/h10,13,19,22,27-28,30-31,33-34,39,42,49,52,58-59H,7-9,11-12,14-18,20-21,23-26,29,32,35-38,40-41,43-48,50-51,53-57H2,1-6H3,(H-,62,64,66,67)/p+1/b13-10-,22-19-,28-27-,31-30-,34-33-,42-39-,52-49-. The summed E-state index contributed by atoms with van der Waals surface area (Å²) >= 11 is 0. The predicted molar refractivity (Wildman–Crippen MR) is 304 cm³/mol. The number of nitrogens with one attached hydrogen (secondary N) is 1. The molecule has 0 aromatic heterocycles. The van der Waals surface area contributed by atoms with E-state index in [1.54, 1.807) is 0 Å². The molecular weight excluding hydrogens is 904 g/mol. The van der Waals surface area contributed by atoms with Gasteiger partial charge in [-0.3, -0.25) is 18.6 Å². The Morgan fingerprint density at radius 3 is 1.37 bits per heavy atom. The van der Waals surface area contributed by atoms with Gasteiger partial charge in [-0.15, -0.1) is 0 Å². The van der Waals surface area contributed by atoms with Crippen molar-refractivity contribution in [3.63, 3.8) is 0 Å². The Kier molecular flexibility index (Phi) is 48.7. The first-order valence-corrected chi connectivity index (χ1v) is 30.4. The summed E-state index contributed by atoms with van der Waals surface area (Å²) in [6.07, 6.45) is 65.8. The summed E-state index contributed by atoms with van der Waals surface area (Å²) in [4.78, 5) is 37.5. The van der Waals surface area contributed by atoms with Crippen LogP contribution in [0, 0.1) is 0 Å². The molecule has 0 fully saturated rings. The monoisotopic (exact) mass is 1010 g/mol. The fraction of sp³-hybridized carbons (Fsp3) is 0.738. The molecule has 3 unspecified atom stereocenters. The molecule has 0 aliphatic rings. The molecule has 0 spiro atoms. The summed E-state index contributed by atoms with van der Waals surface area (Å²) in [5.74, 6) is -0.558. The van der Waals surface area contributed by atoms with Crippen molar-refractivity contribution in [3.05, 3.63) is 85.1 Å². The number of ether oxygens (including phenoxy) is 1. The molecule has 0 aromatic rings. The van der Waals surface area contributed by atoms with E-state index in [1.165, 1.54) is 109 Å². The second-order valence-corrected chi connectivity index (χ2v) is 21.9. The number of likely N-dealkylation sites (N-methyl/N-ethyl adjacent to an activating group) is 1. The molecule has 0 aliphatic heterocycles. The third kappa shape index (κ3) is 51.9. The molecule has 2 N–H and O–H groups in total. The average Bonchev–Trinajstić information content (AvgIpc) is 3.33. The largest absolute Gasteiger partial charge is 0.472 e. The molecule has 0 radical (unpaired) electrons. The maximum atomic E-state index is 13.5. The lowest BCUT2D eigenvalue weighted by atomic mass is 10.0. The zero-order valence-corrected chi connectivity index (χ0v) is 47.6. The third-order valence-electron chi connectivity index (χ3n) is 12.3. The maximum absolute atomic E-state index is 13.5. The lowest BCUT2D eigenvalue weighted by Crippen LogP contribution is -2.47. The summed E-state index contributed by atoms with van der Waals surface area (Å²) in [5, 5.41) is 3.03. The van der Waals surface area contributed by atoms with E-state index in [2.05, 4.69) is 99.0 Å². The molecule has 3 atom stereocenters. The number of esters is 1. The Balaban J connectivity index is 5.39. The number of nitrogens with zero attached hydrogens (tertiary/aromatic N) is 1. The van der Waals surface area contributed by atoms with E-state index in [-0.39, 0.29) is 31.5 Å². The highest BCUT2D eigenvalue weighted by Crippen LogP contribution is 2.43. The molecule has 0 aliphatic carbocycles. The van der Waals surface area contributed by atoms with Crippen LogP contribution in [-0.2, 0) is 27.9 Å². The van der Waals surface area contributed by atoms with Gasteiger partial charge in [0.15, 0.2) is 0 Å². The molecule has 1 amide bonds. The number of unbranched alkanes of at least 4 members (excludes halogenated alkanes) is 23. The molecule has 0 aromatic carbocycles. The molecular formula is C61H110N2O7P+. The van der Waals surface area contributed by atoms with Gasteiger partial charge in [0.05, 0.1) is 33.8 Å². The summed E-state index contributed by atoms with van der Waals surface area (Å²) in [7, 11) is 1.46. The Bertz CT molecular complexity index is 1490. The van der Waals surface area contributed by atoms with Crippen molar-refractivity contribution in [3.8, 4) is 0 Å². The minimum Gasteiger partial charge on any atom is -0.456 e. The highest BCUT2D eigenvalue weighted by atomic mass is 31.2. The second kappa shape index (κ2) is 50.7. The topological polar surface area (TPSA) is 111 Å². The molecule has 9 nitrogen and oxygen atoms in total. The lowest BCUT2D eigenvalue weighted by molar-refractivity contribution is -0.870. The van der Waals surface area contributed by atoms with Crippen LogP contribution in [0.15, 0.2) is 85.1 Å². The summed E-state index contributed by atoms with van der Waals surface area (Å²) in [5.41, 5.74) is 0. The first-order chi connectivity index (χ1) is 34.4. The van der Waals surface area contributed by atoms with Gasteiger partial charge in [0, 0.05) is 12.8 Å². The van der Waals surface area contributed by atoms with E-state index >= 15 is 0 Å². The van der Waals surface area contributed by atoms with Gasteiger partial charge >= 0.3 is 13.8 Å². The number of allylic oxidation sites excluding steroid dienone is 13. The van der Waals surface area contributed by atoms with Gasteiger partial charge in [0.25, 0.3) is 0 Å². The lowest BCUT2D eigenvalue weighted by Gasteiger charge is -2.27. The van der Waals surface area contributed by atoms with Gasteiger partial charge < -0.3 is 19.4 Å². The van der Waals surface area contributed by atoms with Crippen LogP contribution >= 0.6 is 7.82 Å². The molecule has 0 rings (SSSR count). The Labute approximate surface area is 437 Å². The van der Waals surface area contributed by atoms with Crippen LogP contribution in [0.5, 0.6) is 0 Å². The maximum Gasteiger partial charge on any atom is 0.472 e. The second-order valence-electron chi connectivity index (χ2n) is 20.4. The van der Waals surface area contributed by atoms with E-state index in [4.69, 9.17) is 13.8 Å². The van der Waals surface area contributed by atoms with Crippen LogP contribution in [0.4, 0.5) is 0 Å². The number of rotatable bonds is 51. The Hall–Kier alpha value is -2.81. The summed E-state index contributed by atoms with van der Waals surface area (Å²) < 4.78 is 30.6. The number of amides is 1. The van der Waals surface area contributed by atoms with E-state index in [1.807, 2.05) is 33.3 Å². The first-order valence-electron chi connectivity index (χ1n) is 28.9. The minimum atomic E-state index is -4.45. The number of carbonyl (C=O) groups excluding carboxylic acids is 2. The Morgan fingerprint density at radius 2 is 0.901 bits per heavy atom. The van der Waals surface area contributed by atoms with Crippen molar-refractivity contribution < 1.29 is 37.3 Å². The number of hydrogen-bond donors (Lipinski definition) is 2. The van der Waals surface area contributed by atoms with Crippen LogP contribution in [0.1, 0.15) is 239 Å². The highest BCUT2D eigenvalue weighted by Gasteiger charge is 2.30. The van der Waals surface area contributed by atoms with Crippen LogP contribution in [0.25, 0.3) is 0 Å². The zero-order chi connectivity index (χ0) is 52.2. The van der Waals surface area contributed by atoms with Crippen molar-refractivity contribution in [2.24, 2.45) is 0 Å². The molecule has 0 saturated heterocycles. The molecule has 10 heteroatoms. The SMILES string of the molecule is CC/C=C\C/C=C\C/C=C\C/C=C\C/C=C\C/C=C\CCCCC(=O)OC(/C=C\CCCCCCCCCCCCC)C(COP(=O)(O)OCC[N+](C)(C)C)NC(=O)CCCCCCCCCCCCC. The molecule has 71 heavy (non-hydrogen) atoms. The number of phosphoric ester groups is 1. The van der Waals surface area contributed by atoms with E-state index in [0.29, 0.717) is 23.9 Å². The molecule has 0 bridgehead atoms. The fourth-order valence-corrected chi connectivity index (χ4v) is 8.62. The van der Waals surface area contributed by atoms with Gasteiger partial charge in [0.1, 0.15) is 19.3 Å². The average molecular weight is 1010 g/mol. The smallest absolute Gasteiger partial charge is 0.456 e. The van der Waals surface area contributed by atoms with E-state index in [9.17, 15) is 19.0 Å². The molecule has 410 valence electrons. The predicted octanol–water partition coefficient (Wildman–Crippen LogP) is 17.4. The van der Waals surface area contributed by atoms with Gasteiger partial charge in [-0.05, 0) is 83.1 Å². The quantitative estimate of drug-likeness (QED) is 0.0205. The van der Waals surface area contributed by atoms with Gasteiger partial charge in [-0.2, -0.15) is 0 Å². The van der Waals surface area contributed by atoms with Crippen molar-refractivity contribution in [1.82, 2.24) is 5.32 Å². The fourth-order valence-electron chi connectivity index (χ4n) is 7.88. The minimum absolute atomic E-state index is 0.0308. The Morgan fingerprint density at radius 1 is 0.507 bits per heavy atom.